The quantitative estimate of drug-likeness (QED) is 0.358. The number of phenolic OH excluding ortho intramolecular Hbond substituents is 1. The van der Waals surface area contributed by atoms with Gasteiger partial charge in [0.25, 0.3) is 0 Å². The highest BCUT2D eigenvalue weighted by Crippen LogP contribution is 2.42. The number of halogens is 3. The topological polar surface area (TPSA) is 136 Å². The smallest absolute Gasteiger partial charge is 0.214 e. The number of benzene rings is 1. The number of aliphatic hydroxyl groups excluding tert-OH is 4. The molecular weight excluding hydrogens is 461 g/mol. The maximum Gasteiger partial charge on any atom is 0.214 e. The van der Waals surface area contributed by atoms with E-state index in [0.717, 1.165) is 0 Å². The predicted octanol–water partition coefficient (Wildman–Crippen LogP) is 2.28. The van der Waals surface area contributed by atoms with Crippen LogP contribution in [-0.2, 0) is 0 Å². The molecule has 3 aromatic rings. The first-order valence-electron chi connectivity index (χ1n) is 8.79. The van der Waals surface area contributed by atoms with E-state index in [0.29, 0.717) is 5.56 Å². The standard InChI is InChI=1S/C19H16Cl3NO7/c1-5-2-7(20)13(26)10-15(28)9-11(21)18(22)23(19(9)30-17(5)10)8-3-6(4-24)12(25)16(29)14(8)27/h2-3,8,12,14,16,24-27,29H,4H2,1H3/t8-,12-,14+,16+/m1/s1. The summed E-state index contributed by atoms with van der Waals surface area (Å²) < 4.78 is 7.08. The van der Waals surface area contributed by atoms with Crippen molar-refractivity contribution in [1.82, 2.24) is 4.57 Å². The van der Waals surface area contributed by atoms with Crippen molar-refractivity contribution < 1.29 is 29.9 Å². The van der Waals surface area contributed by atoms with Gasteiger partial charge >= 0.3 is 0 Å². The lowest BCUT2D eigenvalue weighted by atomic mass is 9.88. The molecule has 0 spiro atoms. The van der Waals surface area contributed by atoms with Gasteiger partial charge in [0.05, 0.1) is 22.7 Å². The van der Waals surface area contributed by atoms with Crippen LogP contribution in [0.2, 0.25) is 15.2 Å². The van der Waals surface area contributed by atoms with Crippen LogP contribution < -0.4 is 5.43 Å². The predicted molar refractivity (Wildman–Crippen MR) is 112 cm³/mol. The minimum atomic E-state index is -1.63. The number of nitrogens with zero attached hydrogens (tertiary/aromatic N) is 1. The summed E-state index contributed by atoms with van der Waals surface area (Å²) in [5.74, 6) is -0.466. The number of aromatic hydroxyl groups is 1. The Morgan fingerprint density at radius 2 is 1.80 bits per heavy atom. The Morgan fingerprint density at radius 3 is 2.43 bits per heavy atom. The zero-order valence-corrected chi connectivity index (χ0v) is 17.6. The Bertz CT molecular complexity index is 1280. The maximum absolute atomic E-state index is 13.2. The summed E-state index contributed by atoms with van der Waals surface area (Å²) in [6.45, 7) is 1.04. The van der Waals surface area contributed by atoms with Crippen LogP contribution in [0.25, 0.3) is 22.1 Å². The zero-order chi connectivity index (χ0) is 22.1. The average molecular weight is 477 g/mol. The number of rotatable bonds is 2. The summed E-state index contributed by atoms with van der Waals surface area (Å²) in [7, 11) is 0. The van der Waals surface area contributed by atoms with Gasteiger partial charge < -0.3 is 29.9 Å². The molecule has 0 bridgehead atoms. The van der Waals surface area contributed by atoms with E-state index in [2.05, 4.69) is 0 Å². The molecule has 0 aliphatic heterocycles. The molecule has 0 radical (unpaired) electrons. The molecule has 8 nitrogen and oxygen atoms in total. The molecule has 2 aromatic heterocycles. The van der Waals surface area contributed by atoms with E-state index < -0.39 is 42.1 Å². The molecule has 4 atom stereocenters. The summed E-state index contributed by atoms with van der Waals surface area (Å²) in [5.41, 5.74) is -0.252. The van der Waals surface area contributed by atoms with Crippen LogP contribution >= 0.6 is 34.8 Å². The zero-order valence-electron chi connectivity index (χ0n) is 15.3. The molecule has 160 valence electrons. The second kappa shape index (κ2) is 7.42. The van der Waals surface area contributed by atoms with Crippen LogP contribution in [-0.4, -0.2) is 55.0 Å². The second-order valence-electron chi connectivity index (χ2n) is 7.13. The number of aryl methyl sites for hydroxylation is 1. The van der Waals surface area contributed by atoms with Crippen LogP contribution in [0.4, 0.5) is 0 Å². The lowest BCUT2D eigenvalue weighted by Gasteiger charge is -2.35. The van der Waals surface area contributed by atoms with Gasteiger partial charge in [-0.3, -0.25) is 9.36 Å². The average Bonchev–Trinajstić information content (AvgIpc) is 2.95. The number of phenols is 1. The highest BCUT2D eigenvalue weighted by molar-refractivity contribution is 6.45. The first-order chi connectivity index (χ1) is 14.1. The number of fused-ring (bicyclic) bond motifs is 2. The second-order valence-corrected chi connectivity index (χ2v) is 8.27. The highest BCUT2D eigenvalue weighted by Gasteiger charge is 2.40. The van der Waals surface area contributed by atoms with Crippen molar-refractivity contribution in [2.75, 3.05) is 6.61 Å². The van der Waals surface area contributed by atoms with Crippen molar-refractivity contribution in [1.29, 1.82) is 0 Å². The van der Waals surface area contributed by atoms with Gasteiger partial charge in [-0.1, -0.05) is 40.9 Å². The molecule has 4 rings (SSSR count). The van der Waals surface area contributed by atoms with Crippen LogP contribution in [0.15, 0.2) is 26.9 Å². The summed E-state index contributed by atoms with van der Waals surface area (Å²) in [5, 5.41) is 49.8. The molecule has 2 heterocycles. The third-order valence-corrected chi connectivity index (χ3v) is 6.48. The van der Waals surface area contributed by atoms with Crippen LogP contribution in [0.5, 0.6) is 5.75 Å². The van der Waals surface area contributed by atoms with Crippen LogP contribution in [0.1, 0.15) is 11.6 Å². The van der Waals surface area contributed by atoms with Gasteiger partial charge in [-0.05, 0) is 24.1 Å². The number of hydrogen-bond donors (Lipinski definition) is 5. The van der Waals surface area contributed by atoms with Crippen molar-refractivity contribution in [2.45, 2.75) is 31.3 Å². The van der Waals surface area contributed by atoms with Gasteiger partial charge in [0.2, 0.25) is 11.1 Å². The number of hydrogen-bond acceptors (Lipinski definition) is 7. The number of aliphatic hydroxyl groups is 4. The van der Waals surface area contributed by atoms with E-state index in [1.807, 2.05) is 0 Å². The van der Waals surface area contributed by atoms with E-state index in [4.69, 9.17) is 39.2 Å². The largest absolute Gasteiger partial charge is 0.505 e. The molecule has 30 heavy (non-hydrogen) atoms. The van der Waals surface area contributed by atoms with Gasteiger partial charge in [-0.2, -0.15) is 0 Å². The molecule has 1 aromatic carbocycles. The van der Waals surface area contributed by atoms with E-state index in [1.165, 1.54) is 16.7 Å². The summed E-state index contributed by atoms with van der Waals surface area (Å²) in [4.78, 5) is 13.2. The van der Waals surface area contributed by atoms with E-state index in [-0.39, 0.29) is 42.8 Å². The molecule has 0 amide bonds. The SMILES string of the molecule is Cc1cc(Cl)c(O)c2c(=O)c3c(Cl)c(Cl)n([C@@H]4C=C(CO)[C@@H](O)[C@H](O)[C@H]4O)c3oc12. The fraction of sp³-hybridized carbons (Fsp3) is 0.316. The number of aromatic nitrogens is 1. The minimum Gasteiger partial charge on any atom is -0.505 e. The third-order valence-electron chi connectivity index (χ3n) is 5.36. The summed E-state index contributed by atoms with van der Waals surface area (Å²) in [6.07, 6.45) is -3.35. The van der Waals surface area contributed by atoms with Crippen LogP contribution in [0, 0.1) is 6.92 Å². The molecule has 5 N–H and O–H groups in total. The Hall–Kier alpha value is -1.78. The normalized spacial score (nSPS) is 24.6. The molecular formula is C19H16Cl3NO7. The molecule has 0 fully saturated rings. The molecule has 0 unspecified atom stereocenters. The molecule has 0 saturated heterocycles. The van der Waals surface area contributed by atoms with Crippen molar-refractivity contribution in [3.63, 3.8) is 0 Å². The Labute approximate surface area is 183 Å². The van der Waals surface area contributed by atoms with E-state index in [9.17, 15) is 30.3 Å². The van der Waals surface area contributed by atoms with Gasteiger partial charge in [0.15, 0.2) is 0 Å². The van der Waals surface area contributed by atoms with Crippen molar-refractivity contribution >= 4 is 56.9 Å². The lowest BCUT2D eigenvalue weighted by molar-refractivity contribution is -0.0695. The molecule has 0 saturated carbocycles. The van der Waals surface area contributed by atoms with E-state index >= 15 is 0 Å². The minimum absolute atomic E-state index is 0.0383. The van der Waals surface area contributed by atoms with Crippen molar-refractivity contribution in [3.05, 3.63) is 48.7 Å². The lowest BCUT2D eigenvalue weighted by Crippen LogP contribution is -2.47. The molecule has 11 heteroatoms. The first kappa shape index (κ1) is 21.5. The Morgan fingerprint density at radius 1 is 1.13 bits per heavy atom. The fourth-order valence-electron chi connectivity index (χ4n) is 3.79. The Balaban J connectivity index is 2.13. The Kier molecular flexibility index (Phi) is 5.31. The highest BCUT2D eigenvalue weighted by atomic mass is 35.5. The first-order valence-corrected chi connectivity index (χ1v) is 9.92. The van der Waals surface area contributed by atoms with Crippen LogP contribution in [0.3, 0.4) is 0 Å². The van der Waals surface area contributed by atoms with Gasteiger partial charge in [0.1, 0.15) is 45.6 Å². The van der Waals surface area contributed by atoms with Crippen molar-refractivity contribution in [3.8, 4) is 5.75 Å². The molecule has 1 aliphatic carbocycles. The van der Waals surface area contributed by atoms with E-state index in [1.54, 1.807) is 6.92 Å². The summed E-state index contributed by atoms with van der Waals surface area (Å²) in [6, 6.07) is 0.305. The molecule has 1 aliphatic rings. The fourth-order valence-corrected chi connectivity index (χ4v) is 4.59. The third kappa shape index (κ3) is 2.87. The maximum atomic E-state index is 13.2. The summed E-state index contributed by atoms with van der Waals surface area (Å²) >= 11 is 18.6. The monoisotopic (exact) mass is 475 g/mol. The van der Waals surface area contributed by atoms with Gasteiger partial charge in [0, 0.05) is 0 Å². The van der Waals surface area contributed by atoms with Gasteiger partial charge in [-0.25, -0.2) is 0 Å². The van der Waals surface area contributed by atoms with Gasteiger partial charge in [-0.15, -0.1) is 0 Å². The van der Waals surface area contributed by atoms with Crippen molar-refractivity contribution in [2.24, 2.45) is 0 Å².